The van der Waals surface area contributed by atoms with Crippen LogP contribution in [0.1, 0.15) is 52.1 Å². The molecule has 2 rings (SSSR count). The lowest BCUT2D eigenvalue weighted by molar-refractivity contribution is 0.0942. The Kier molecular flexibility index (Phi) is 5.49. The fraction of sp³-hybridized carbons (Fsp3) is 0.647. The highest BCUT2D eigenvalue weighted by Gasteiger charge is 2.27. The van der Waals surface area contributed by atoms with Crippen LogP contribution in [0.4, 0.5) is 0 Å². The van der Waals surface area contributed by atoms with Crippen molar-refractivity contribution in [3.8, 4) is 0 Å². The number of benzene rings is 1. The van der Waals surface area contributed by atoms with E-state index >= 15 is 0 Å². The van der Waals surface area contributed by atoms with E-state index in [1.807, 2.05) is 0 Å². The minimum Gasteiger partial charge on any atom is -0.307 e. The Morgan fingerprint density at radius 2 is 1.70 bits per heavy atom. The first kappa shape index (κ1) is 16.2. The number of likely N-dealkylation sites (tertiary alicyclic amines) is 1. The molecule has 1 unspecified atom stereocenters. The van der Waals surface area contributed by atoms with Crippen LogP contribution in [-0.2, 0) is 0 Å². The molecule has 1 aromatic carbocycles. The van der Waals surface area contributed by atoms with Crippen molar-refractivity contribution in [2.75, 3.05) is 13.1 Å². The molecule has 0 radical (unpaired) electrons. The minimum atomic E-state index is 0.312. The molecular weight excluding hydrogens is 359 g/mol. The van der Waals surface area contributed by atoms with Crippen molar-refractivity contribution in [2.24, 2.45) is 0 Å². The topological polar surface area (TPSA) is 15.3 Å². The van der Waals surface area contributed by atoms with Gasteiger partial charge in [0.2, 0.25) is 0 Å². The quantitative estimate of drug-likeness (QED) is 0.784. The third-order valence-corrected chi connectivity index (χ3v) is 5.02. The van der Waals surface area contributed by atoms with Crippen LogP contribution in [0.3, 0.4) is 0 Å². The van der Waals surface area contributed by atoms with Crippen molar-refractivity contribution in [2.45, 2.75) is 58.2 Å². The van der Waals surface area contributed by atoms with E-state index in [4.69, 9.17) is 0 Å². The second-order valence-corrected chi connectivity index (χ2v) is 8.12. The lowest BCUT2D eigenvalue weighted by Crippen LogP contribution is -2.50. The highest BCUT2D eigenvalue weighted by molar-refractivity contribution is 14.1. The third kappa shape index (κ3) is 4.43. The number of nitrogens with one attached hydrogen (secondary N) is 1. The fourth-order valence-corrected chi connectivity index (χ4v) is 3.28. The van der Waals surface area contributed by atoms with Gasteiger partial charge in [0, 0.05) is 34.3 Å². The highest BCUT2D eigenvalue weighted by atomic mass is 127. The first-order valence-electron chi connectivity index (χ1n) is 7.63. The summed E-state index contributed by atoms with van der Waals surface area (Å²) in [6.07, 6.45) is 2.51. The zero-order valence-corrected chi connectivity index (χ0v) is 15.3. The molecule has 1 aromatic rings. The van der Waals surface area contributed by atoms with Gasteiger partial charge in [0.1, 0.15) is 0 Å². The maximum absolute atomic E-state index is 3.80. The van der Waals surface area contributed by atoms with Crippen LogP contribution in [-0.4, -0.2) is 29.6 Å². The van der Waals surface area contributed by atoms with E-state index in [1.54, 1.807) is 0 Å². The molecule has 0 saturated carbocycles. The summed E-state index contributed by atoms with van der Waals surface area (Å²) in [7, 11) is 0. The zero-order chi connectivity index (χ0) is 14.8. The molecule has 0 spiro atoms. The lowest BCUT2D eigenvalue weighted by atomic mass is 9.97. The van der Waals surface area contributed by atoms with Gasteiger partial charge in [-0.3, -0.25) is 4.90 Å². The van der Waals surface area contributed by atoms with Gasteiger partial charge in [0.25, 0.3) is 0 Å². The molecule has 0 aliphatic carbocycles. The van der Waals surface area contributed by atoms with Gasteiger partial charge >= 0.3 is 0 Å². The van der Waals surface area contributed by atoms with Crippen molar-refractivity contribution >= 4 is 22.6 Å². The van der Waals surface area contributed by atoms with E-state index in [0.29, 0.717) is 17.6 Å². The second-order valence-electron chi connectivity index (χ2n) is 6.87. The van der Waals surface area contributed by atoms with Gasteiger partial charge in [-0.05, 0) is 80.8 Å². The Bertz CT molecular complexity index is 414. The summed E-state index contributed by atoms with van der Waals surface area (Å²) >= 11 is 2.36. The lowest BCUT2D eigenvalue weighted by Gasteiger charge is -2.41. The van der Waals surface area contributed by atoms with Crippen molar-refractivity contribution in [3.05, 3.63) is 33.4 Å². The maximum Gasteiger partial charge on any atom is 0.0294 e. The molecule has 0 bridgehead atoms. The smallest absolute Gasteiger partial charge is 0.0294 e. The van der Waals surface area contributed by atoms with Crippen LogP contribution in [0.25, 0.3) is 0 Å². The molecular formula is C17H27IN2. The summed E-state index contributed by atoms with van der Waals surface area (Å²) in [5.74, 6) is 0. The summed E-state index contributed by atoms with van der Waals surface area (Å²) in [5.41, 5.74) is 1.70. The van der Waals surface area contributed by atoms with E-state index in [9.17, 15) is 0 Å². The number of hydrogen-bond acceptors (Lipinski definition) is 2. The minimum absolute atomic E-state index is 0.312. The summed E-state index contributed by atoms with van der Waals surface area (Å²) in [4.78, 5) is 2.60. The molecule has 2 nitrogen and oxygen atoms in total. The molecule has 1 saturated heterocycles. The predicted molar refractivity (Wildman–Crippen MR) is 95.1 cm³/mol. The summed E-state index contributed by atoms with van der Waals surface area (Å²) in [6.45, 7) is 11.6. The van der Waals surface area contributed by atoms with Crippen LogP contribution < -0.4 is 5.32 Å². The normalized spacial score (nSPS) is 20.1. The average molecular weight is 386 g/mol. The van der Waals surface area contributed by atoms with Crippen molar-refractivity contribution in [1.29, 1.82) is 0 Å². The standard InChI is InChI=1S/C17H27IN2/c1-13(14-5-7-15(18)8-6-14)19-16-9-11-20(12-10-16)17(2,3)4/h5-8,13,16,19H,9-12H2,1-4H3. The molecule has 0 aromatic heterocycles. The van der Waals surface area contributed by atoms with E-state index in [2.05, 4.69) is 84.8 Å². The van der Waals surface area contributed by atoms with Gasteiger partial charge in [0.15, 0.2) is 0 Å². The first-order valence-corrected chi connectivity index (χ1v) is 8.71. The van der Waals surface area contributed by atoms with Gasteiger partial charge in [-0.1, -0.05) is 12.1 Å². The summed E-state index contributed by atoms with van der Waals surface area (Å²) in [5, 5.41) is 3.80. The molecule has 3 heteroatoms. The number of hydrogen-bond donors (Lipinski definition) is 1. The summed E-state index contributed by atoms with van der Waals surface area (Å²) < 4.78 is 1.30. The Morgan fingerprint density at radius 3 is 2.20 bits per heavy atom. The van der Waals surface area contributed by atoms with Crippen molar-refractivity contribution < 1.29 is 0 Å². The Labute approximate surface area is 137 Å². The van der Waals surface area contributed by atoms with Crippen molar-refractivity contribution in [3.63, 3.8) is 0 Å². The molecule has 1 aliphatic heterocycles. The van der Waals surface area contributed by atoms with E-state index in [0.717, 1.165) is 0 Å². The number of halogens is 1. The average Bonchev–Trinajstić information content (AvgIpc) is 2.39. The van der Waals surface area contributed by atoms with Crippen LogP contribution in [0.15, 0.2) is 24.3 Å². The molecule has 0 amide bonds. The molecule has 112 valence electrons. The van der Waals surface area contributed by atoms with Crippen molar-refractivity contribution in [1.82, 2.24) is 10.2 Å². The monoisotopic (exact) mass is 386 g/mol. The molecule has 1 aliphatic rings. The van der Waals surface area contributed by atoms with Gasteiger partial charge in [-0.2, -0.15) is 0 Å². The number of nitrogens with zero attached hydrogens (tertiary/aromatic N) is 1. The summed E-state index contributed by atoms with van der Waals surface area (Å²) in [6, 6.07) is 9.96. The van der Waals surface area contributed by atoms with Crippen LogP contribution in [0.5, 0.6) is 0 Å². The largest absolute Gasteiger partial charge is 0.307 e. The predicted octanol–water partition coefficient (Wildman–Crippen LogP) is 4.20. The SMILES string of the molecule is CC(NC1CCN(C(C)(C)C)CC1)c1ccc(I)cc1. The van der Waals surface area contributed by atoms with Crippen LogP contribution in [0.2, 0.25) is 0 Å². The maximum atomic E-state index is 3.80. The molecule has 1 N–H and O–H groups in total. The Balaban J connectivity index is 1.85. The van der Waals surface area contributed by atoms with Gasteiger partial charge in [-0.25, -0.2) is 0 Å². The fourth-order valence-electron chi connectivity index (χ4n) is 2.92. The Morgan fingerprint density at radius 1 is 1.15 bits per heavy atom. The number of rotatable bonds is 3. The highest BCUT2D eigenvalue weighted by Crippen LogP contribution is 2.22. The van der Waals surface area contributed by atoms with Gasteiger partial charge < -0.3 is 5.32 Å². The van der Waals surface area contributed by atoms with Gasteiger partial charge in [0.05, 0.1) is 0 Å². The van der Waals surface area contributed by atoms with Crippen LogP contribution in [0, 0.1) is 3.57 Å². The molecule has 1 atom stereocenters. The van der Waals surface area contributed by atoms with E-state index < -0.39 is 0 Å². The zero-order valence-electron chi connectivity index (χ0n) is 13.1. The van der Waals surface area contributed by atoms with Crippen LogP contribution >= 0.6 is 22.6 Å². The second kappa shape index (κ2) is 6.75. The van der Waals surface area contributed by atoms with Gasteiger partial charge in [-0.15, -0.1) is 0 Å². The number of piperidine rings is 1. The Hall–Kier alpha value is -0.130. The molecule has 1 fully saturated rings. The first-order chi connectivity index (χ1) is 9.36. The van der Waals surface area contributed by atoms with E-state index in [1.165, 1.54) is 35.1 Å². The third-order valence-electron chi connectivity index (χ3n) is 4.30. The molecule has 20 heavy (non-hydrogen) atoms. The van der Waals surface area contributed by atoms with E-state index in [-0.39, 0.29) is 0 Å². The molecule has 1 heterocycles.